The van der Waals surface area contributed by atoms with Gasteiger partial charge in [0.2, 0.25) is 0 Å². The zero-order valence-corrected chi connectivity index (χ0v) is 11.8. The molecule has 0 unspecified atom stereocenters. The zero-order valence-electron chi connectivity index (χ0n) is 11.8. The molecule has 2 rings (SSSR count). The molecule has 17 heavy (non-hydrogen) atoms. The fraction of sp³-hybridized carbons (Fsp3) is 0.714. The summed E-state index contributed by atoms with van der Waals surface area (Å²) < 4.78 is 0. The van der Waals surface area contributed by atoms with E-state index in [9.17, 15) is 0 Å². The van der Waals surface area contributed by atoms with E-state index in [1.807, 2.05) is 0 Å². The summed E-state index contributed by atoms with van der Waals surface area (Å²) in [4.78, 5) is 9.56. The highest BCUT2D eigenvalue weighted by atomic mass is 15.0. The Balaban J connectivity index is 2.62. The molecule has 3 nitrogen and oxygen atoms in total. The van der Waals surface area contributed by atoms with E-state index >= 15 is 0 Å². The van der Waals surface area contributed by atoms with E-state index in [0.29, 0.717) is 0 Å². The van der Waals surface area contributed by atoms with Gasteiger partial charge in [0.25, 0.3) is 0 Å². The lowest BCUT2D eigenvalue weighted by molar-refractivity contribution is 0.507. The van der Waals surface area contributed by atoms with Gasteiger partial charge in [0, 0.05) is 29.5 Å². The van der Waals surface area contributed by atoms with E-state index in [0.717, 1.165) is 18.9 Å². The third kappa shape index (κ3) is 2.34. The Labute approximate surface area is 104 Å². The van der Waals surface area contributed by atoms with E-state index in [-0.39, 0.29) is 10.8 Å². The van der Waals surface area contributed by atoms with Gasteiger partial charge in [-0.3, -0.25) is 0 Å². The van der Waals surface area contributed by atoms with Crippen LogP contribution in [0.3, 0.4) is 0 Å². The van der Waals surface area contributed by atoms with Crippen molar-refractivity contribution in [1.82, 2.24) is 15.3 Å². The third-order valence-corrected chi connectivity index (χ3v) is 3.07. The van der Waals surface area contributed by atoms with Crippen LogP contribution < -0.4 is 5.32 Å². The van der Waals surface area contributed by atoms with Gasteiger partial charge in [-0.1, -0.05) is 41.5 Å². The van der Waals surface area contributed by atoms with E-state index in [2.05, 4.69) is 46.9 Å². The zero-order chi connectivity index (χ0) is 12.8. The van der Waals surface area contributed by atoms with Crippen molar-refractivity contribution in [2.24, 2.45) is 0 Å². The topological polar surface area (TPSA) is 37.8 Å². The molecule has 0 saturated carbocycles. The molecule has 1 aromatic heterocycles. The van der Waals surface area contributed by atoms with Crippen LogP contribution in [0.25, 0.3) is 0 Å². The molecule has 0 atom stereocenters. The van der Waals surface area contributed by atoms with Crippen molar-refractivity contribution in [3.8, 4) is 0 Å². The summed E-state index contributed by atoms with van der Waals surface area (Å²) in [6.07, 6.45) is 0. The first kappa shape index (κ1) is 12.5. The molecule has 0 spiro atoms. The van der Waals surface area contributed by atoms with E-state index in [4.69, 9.17) is 9.97 Å². The molecule has 0 radical (unpaired) electrons. The summed E-state index contributed by atoms with van der Waals surface area (Å²) in [6, 6.07) is 0. The van der Waals surface area contributed by atoms with Gasteiger partial charge in [0.15, 0.2) is 0 Å². The molecule has 0 fully saturated rings. The number of rotatable bonds is 0. The molecule has 3 heteroatoms. The summed E-state index contributed by atoms with van der Waals surface area (Å²) >= 11 is 0. The van der Waals surface area contributed by atoms with E-state index in [1.165, 1.54) is 17.0 Å². The molecular weight excluding hydrogens is 210 g/mol. The van der Waals surface area contributed by atoms with Crippen LogP contribution in [-0.4, -0.2) is 9.97 Å². The van der Waals surface area contributed by atoms with Crippen molar-refractivity contribution in [3.05, 3.63) is 22.8 Å². The normalized spacial score (nSPS) is 16.1. The van der Waals surface area contributed by atoms with Gasteiger partial charge in [-0.25, -0.2) is 9.97 Å². The summed E-state index contributed by atoms with van der Waals surface area (Å²) in [5.41, 5.74) is 3.80. The van der Waals surface area contributed by atoms with Crippen LogP contribution >= 0.6 is 0 Å². The van der Waals surface area contributed by atoms with E-state index < -0.39 is 0 Å². The number of nitrogens with one attached hydrogen (secondary N) is 1. The van der Waals surface area contributed by atoms with Crippen molar-refractivity contribution < 1.29 is 0 Å². The summed E-state index contributed by atoms with van der Waals surface area (Å²) in [7, 11) is 0. The molecule has 0 saturated heterocycles. The summed E-state index contributed by atoms with van der Waals surface area (Å²) in [6.45, 7) is 15.0. The van der Waals surface area contributed by atoms with Crippen LogP contribution in [-0.2, 0) is 23.9 Å². The third-order valence-electron chi connectivity index (χ3n) is 3.07. The van der Waals surface area contributed by atoms with Gasteiger partial charge in [0.1, 0.15) is 5.82 Å². The van der Waals surface area contributed by atoms with Gasteiger partial charge in [-0.2, -0.15) is 0 Å². The Bertz CT molecular complexity index is 436. The highest BCUT2D eigenvalue weighted by molar-refractivity contribution is 5.34. The second-order valence-electron chi connectivity index (χ2n) is 6.92. The number of fused-ring (bicyclic) bond motifs is 1. The largest absolute Gasteiger partial charge is 0.307 e. The van der Waals surface area contributed by atoms with Crippen LogP contribution in [0, 0.1) is 0 Å². The maximum atomic E-state index is 4.84. The van der Waals surface area contributed by atoms with Crippen LogP contribution in [0.4, 0.5) is 0 Å². The van der Waals surface area contributed by atoms with Gasteiger partial charge < -0.3 is 5.32 Å². The fourth-order valence-electron chi connectivity index (χ4n) is 2.12. The average Bonchev–Trinajstić information content (AvgIpc) is 2.59. The molecule has 2 heterocycles. The second kappa shape index (κ2) is 3.77. The molecule has 1 aliphatic rings. The standard InChI is InChI=1S/C14H23N3/c1-13(2,3)11-9-7-15-8-10(9)16-12(17-11)14(4,5)6/h15H,7-8H2,1-6H3. The predicted molar refractivity (Wildman–Crippen MR) is 70.0 cm³/mol. The lowest BCUT2D eigenvalue weighted by atomic mass is 9.87. The number of hydrogen-bond donors (Lipinski definition) is 1. The average molecular weight is 233 g/mol. The molecule has 0 aliphatic carbocycles. The van der Waals surface area contributed by atoms with Crippen LogP contribution in [0.15, 0.2) is 0 Å². The monoisotopic (exact) mass is 233 g/mol. The minimum Gasteiger partial charge on any atom is -0.307 e. The number of aromatic nitrogens is 2. The second-order valence-corrected chi connectivity index (χ2v) is 6.92. The van der Waals surface area contributed by atoms with Crippen molar-refractivity contribution in [2.75, 3.05) is 0 Å². The minimum atomic E-state index is 0.0115. The highest BCUT2D eigenvalue weighted by Crippen LogP contribution is 2.30. The van der Waals surface area contributed by atoms with Crippen molar-refractivity contribution in [1.29, 1.82) is 0 Å². The lowest BCUT2D eigenvalue weighted by Crippen LogP contribution is -2.24. The molecule has 0 bridgehead atoms. The maximum Gasteiger partial charge on any atom is 0.134 e. The Kier molecular flexibility index (Phi) is 2.77. The summed E-state index contributed by atoms with van der Waals surface area (Å²) in [5, 5.41) is 3.38. The van der Waals surface area contributed by atoms with Gasteiger partial charge in [-0.15, -0.1) is 0 Å². The Hall–Kier alpha value is -0.960. The van der Waals surface area contributed by atoms with Crippen molar-refractivity contribution in [2.45, 2.75) is 65.5 Å². The first-order chi connectivity index (χ1) is 7.69. The molecular formula is C14H23N3. The first-order valence-corrected chi connectivity index (χ1v) is 6.31. The molecule has 0 amide bonds. The molecule has 94 valence electrons. The highest BCUT2D eigenvalue weighted by Gasteiger charge is 2.29. The Morgan fingerprint density at radius 3 is 2.06 bits per heavy atom. The van der Waals surface area contributed by atoms with Crippen LogP contribution in [0.2, 0.25) is 0 Å². The van der Waals surface area contributed by atoms with Crippen molar-refractivity contribution in [3.63, 3.8) is 0 Å². The number of nitrogens with zero attached hydrogens (tertiary/aromatic N) is 2. The van der Waals surface area contributed by atoms with Gasteiger partial charge >= 0.3 is 0 Å². The minimum absolute atomic E-state index is 0.0115. The smallest absolute Gasteiger partial charge is 0.134 e. The maximum absolute atomic E-state index is 4.84. The molecule has 1 aliphatic heterocycles. The van der Waals surface area contributed by atoms with Crippen LogP contribution in [0.5, 0.6) is 0 Å². The van der Waals surface area contributed by atoms with Crippen molar-refractivity contribution >= 4 is 0 Å². The fourth-order valence-corrected chi connectivity index (χ4v) is 2.12. The first-order valence-electron chi connectivity index (χ1n) is 6.31. The molecule has 0 aromatic carbocycles. The quantitative estimate of drug-likeness (QED) is 0.748. The van der Waals surface area contributed by atoms with E-state index in [1.54, 1.807) is 0 Å². The Morgan fingerprint density at radius 2 is 1.53 bits per heavy atom. The van der Waals surface area contributed by atoms with Gasteiger partial charge in [-0.05, 0) is 0 Å². The van der Waals surface area contributed by atoms with Gasteiger partial charge in [0.05, 0.1) is 11.4 Å². The number of hydrogen-bond acceptors (Lipinski definition) is 3. The molecule has 1 aromatic rings. The molecule has 1 N–H and O–H groups in total. The van der Waals surface area contributed by atoms with Crippen LogP contribution in [0.1, 0.15) is 64.3 Å². The Morgan fingerprint density at radius 1 is 0.882 bits per heavy atom. The summed E-state index contributed by atoms with van der Waals surface area (Å²) in [5.74, 6) is 0.963. The predicted octanol–water partition coefficient (Wildman–Crippen LogP) is 2.67. The lowest BCUT2D eigenvalue weighted by Gasteiger charge is -2.25. The SMILES string of the molecule is CC(C)(C)c1nc2c(c(C(C)(C)C)n1)CNC2.